The second-order valence-corrected chi connectivity index (χ2v) is 8.27. The highest BCUT2D eigenvalue weighted by atomic mass is 79.9. The van der Waals surface area contributed by atoms with Gasteiger partial charge in [0.25, 0.3) is 5.91 Å². The number of piperidine rings is 1. The topological polar surface area (TPSA) is 58.1 Å². The third kappa shape index (κ3) is 3.74. The molecule has 2 aromatic heterocycles. The number of nitrogens with zero attached hydrogens (tertiary/aromatic N) is 3. The number of carbonyl (C=O) groups is 1. The van der Waals surface area contributed by atoms with E-state index in [1.165, 1.54) is 6.42 Å². The molecule has 0 unspecified atom stereocenters. The van der Waals surface area contributed by atoms with Gasteiger partial charge in [0.05, 0.1) is 11.3 Å². The fourth-order valence-electron chi connectivity index (χ4n) is 3.73. The minimum Gasteiger partial charge on any atom is -0.354 e. The molecule has 1 aliphatic heterocycles. The third-order valence-corrected chi connectivity index (χ3v) is 5.75. The molecule has 5 nitrogen and oxygen atoms in total. The molecule has 0 bridgehead atoms. The largest absolute Gasteiger partial charge is 0.354 e. The molecule has 1 fully saturated rings. The molecule has 3 aromatic rings. The van der Waals surface area contributed by atoms with Crippen LogP contribution >= 0.6 is 15.9 Å². The normalized spacial score (nSPS) is 17.0. The number of rotatable bonds is 3. The highest BCUT2D eigenvalue weighted by molar-refractivity contribution is 9.10. The molecule has 1 aliphatic rings. The number of aromatic nitrogens is 2. The number of hydrogen-bond donors (Lipinski definition) is 1. The molecule has 1 atom stereocenters. The van der Waals surface area contributed by atoms with Crippen molar-refractivity contribution in [2.75, 3.05) is 11.9 Å². The van der Waals surface area contributed by atoms with E-state index < -0.39 is 0 Å². The van der Waals surface area contributed by atoms with Crippen molar-refractivity contribution in [2.45, 2.75) is 39.2 Å². The lowest BCUT2D eigenvalue weighted by atomic mass is 10.0. The van der Waals surface area contributed by atoms with Gasteiger partial charge in [-0.15, -0.1) is 0 Å². The smallest absolute Gasteiger partial charge is 0.257 e. The summed E-state index contributed by atoms with van der Waals surface area (Å²) in [5, 5.41) is 4.30. The average molecular weight is 439 g/mol. The van der Waals surface area contributed by atoms with Gasteiger partial charge in [0.15, 0.2) is 5.65 Å². The summed E-state index contributed by atoms with van der Waals surface area (Å²) < 4.78 is 0.974. The third-order valence-electron chi connectivity index (χ3n) is 5.26. The maximum Gasteiger partial charge on any atom is 0.257 e. The summed E-state index contributed by atoms with van der Waals surface area (Å²) in [4.78, 5) is 24.4. The summed E-state index contributed by atoms with van der Waals surface area (Å²) >= 11 is 3.51. The predicted molar refractivity (Wildman–Crippen MR) is 116 cm³/mol. The van der Waals surface area contributed by atoms with Crippen molar-refractivity contribution < 1.29 is 4.79 Å². The van der Waals surface area contributed by atoms with Crippen LogP contribution < -0.4 is 5.32 Å². The van der Waals surface area contributed by atoms with Gasteiger partial charge >= 0.3 is 0 Å². The van der Waals surface area contributed by atoms with Gasteiger partial charge in [-0.1, -0.05) is 22.0 Å². The van der Waals surface area contributed by atoms with Gasteiger partial charge < -0.3 is 10.2 Å². The van der Waals surface area contributed by atoms with E-state index in [1.807, 2.05) is 48.2 Å². The Morgan fingerprint density at radius 1 is 1.25 bits per heavy atom. The quantitative estimate of drug-likeness (QED) is 0.589. The van der Waals surface area contributed by atoms with Crippen molar-refractivity contribution >= 4 is 44.2 Å². The van der Waals surface area contributed by atoms with Crippen molar-refractivity contribution in [2.24, 2.45) is 0 Å². The summed E-state index contributed by atoms with van der Waals surface area (Å²) in [6.07, 6.45) is 4.93. The van der Waals surface area contributed by atoms with Crippen LogP contribution in [-0.4, -0.2) is 33.4 Å². The number of pyridine rings is 2. The first kappa shape index (κ1) is 18.9. The predicted octanol–water partition coefficient (Wildman–Crippen LogP) is 5.46. The molecule has 144 valence electrons. The SMILES string of the molecule is Cc1ccc2c(Nc3cccc(Br)c3)c(C(=O)N3CCCC[C@@H]3C)cnc2n1. The number of carbonyl (C=O) groups excluding carboxylic acids is 1. The Balaban J connectivity index is 1.83. The second kappa shape index (κ2) is 7.87. The van der Waals surface area contributed by atoms with Crippen LogP contribution in [0.4, 0.5) is 11.4 Å². The van der Waals surface area contributed by atoms with Crippen LogP contribution in [0, 0.1) is 6.92 Å². The van der Waals surface area contributed by atoms with Gasteiger partial charge in [0.2, 0.25) is 0 Å². The molecule has 28 heavy (non-hydrogen) atoms. The van der Waals surface area contributed by atoms with Crippen LogP contribution in [0.15, 0.2) is 47.1 Å². The number of anilines is 2. The summed E-state index contributed by atoms with van der Waals surface area (Å²) in [6.45, 7) is 4.86. The van der Waals surface area contributed by atoms with E-state index in [0.717, 1.165) is 46.3 Å². The van der Waals surface area contributed by atoms with Crippen molar-refractivity contribution in [3.05, 3.63) is 58.3 Å². The Hall–Kier alpha value is -2.47. The Morgan fingerprint density at radius 3 is 2.89 bits per heavy atom. The lowest BCUT2D eigenvalue weighted by Crippen LogP contribution is -2.42. The Bertz CT molecular complexity index is 1040. The van der Waals surface area contributed by atoms with Crippen LogP contribution in [0.25, 0.3) is 11.0 Å². The average Bonchev–Trinajstić information content (AvgIpc) is 2.68. The molecule has 1 amide bonds. The Morgan fingerprint density at radius 2 is 2.11 bits per heavy atom. The monoisotopic (exact) mass is 438 g/mol. The van der Waals surface area contributed by atoms with Gasteiger partial charge in [-0.3, -0.25) is 4.79 Å². The highest BCUT2D eigenvalue weighted by Crippen LogP contribution is 2.31. The van der Waals surface area contributed by atoms with Gasteiger partial charge in [-0.2, -0.15) is 0 Å². The summed E-state index contributed by atoms with van der Waals surface area (Å²) in [5.41, 5.74) is 3.80. The zero-order chi connectivity index (χ0) is 19.7. The second-order valence-electron chi connectivity index (χ2n) is 7.35. The van der Waals surface area contributed by atoms with Gasteiger partial charge in [0.1, 0.15) is 0 Å². The van der Waals surface area contributed by atoms with Crippen LogP contribution in [0.2, 0.25) is 0 Å². The van der Waals surface area contributed by atoms with E-state index in [4.69, 9.17) is 0 Å². The van der Waals surface area contributed by atoms with E-state index in [1.54, 1.807) is 6.20 Å². The maximum atomic E-state index is 13.4. The van der Waals surface area contributed by atoms with Crippen molar-refractivity contribution in [1.82, 2.24) is 14.9 Å². The number of benzene rings is 1. The molecular formula is C22H23BrN4O. The minimum absolute atomic E-state index is 0.0275. The molecule has 4 rings (SSSR count). The molecule has 1 saturated heterocycles. The van der Waals surface area contributed by atoms with Crippen LogP contribution in [0.5, 0.6) is 0 Å². The van der Waals surface area contributed by atoms with E-state index in [9.17, 15) is 4.79 Å². The fraction of sp³-hybridized carbons (Fsp3) is 0.318. The molecular weight excluding hydrogens is 416 g/mol. The summed E-state index contributed by atoms with van der Waals surface area (Å²) in [6, 6.07) is 12.1. The molecule has 6 heteroatoms. The molecule has 3 heterocycles. The lowest BCUT2D eigenvalue weighted by molar-refractivity contribution is 0.0636. The first-order chi connectivity index (χ1) is 13.5. The van der Waals surface area contributed by atoms with E-state index in [0.29, 0.717) is 11.2 Å². The minimum atomic E-state index is 0.0275. The first-order valence-corrected chi connectivity index (χ1v) is 10.4. The van der Waals surface area contributed by atoms with Crippen molar-refractivity contribution in [1.29, 1.82) is 0 Å². The number of hydrogen-bond acceptors (Lipinski definition) is 4. The highest BCUT2D eigenvalue weighted by Gasteiger charge is 2.27. The standard InChI is InChI=1S/C22H23BrN4O/c1-14-9-10-18-20(26-17-8-5-7-16(23)12-17)19(13-24-21(18)25-14)22(28)27-11-4-3-6-15(27)2/h5,7-10,12-13,15H,3-4,6,11H2,1-2H3,(H,24,25,26)/t15-/m0/s1. The molecule has 1 N–H and O–H groups in total. The number of nitrogens with one attached hydrogen (secondary N) is 1. The van der Waals surface area contributed by atoms with Crippen molar-refractivity contribution in [3.63, 3.8) is 0 Å². The number of likely N-dealkylation sites (tertiary alicyclic amines) is 1. The molecule has 1 aromatic carbocycles. The van der Waals surface area contributed by atoms with Gasteiger partial charge in [0, 0.05) is 40.0 Å². The van der Waals surface area contributed by atoms with E-state index in [2.05, 4.69) is 38.1 Å². The van der Waals surface area contributed by atoms with Crippen molar-refractivity contribution in [3.8, 4) is 0 Å². The van der Waals surface area contributed by atoms with E-state index in [-0.39, 0.29) is 11.9 Å². The van der Waals surface area contributed by atoms with Crippen LogP contribution in [0.1, 0.15) is 42.2 Å². The Kier molecular flexibility index (Phi) is 5.31. The molecule has 0 radical (unpaired) electrons. The Labute approximate surface area is 173 Å². The number of aryl methyl sites for hydroxylation is 1. The van der Waals surface area contributed by atoms with Gasteiger partial charge in [-0.05, 0) is 63.4 Å². The molecule has 0 aliphatic carbocycles. The fourth-order valence-corrected chi connectivity index (χ4v) is 4.13. The molecule has 0 saturated carbocycles. The zero-order valence-corrected chi connectivity index (χ0v) is 17.7. The lowest BCUT2D eigenvalue weighted by Gasteiger charge is -2.34. The summed E-state index contributed by atoms with van der Waals surface area (Å²) in [7, 11) is 0. The number of amides is 1. The maximum absolute atomic E-state index is 13.4. The number of halogens is 1. The van der Waals surface area contributed by atoms with Crippen LogP contribution in [0.3, 0.4) is 0 Å². The van der Waals surface area contributed by atoms with Gasteiger partial charge in [-0.25, -0.2) is 9.97 Å². The first-order valence-electron chi connectivity index (χ1n) is 9.63. The zero-order valence-electron chi connectivity index (χ0n) is 16.1. The van der Waals surface area contributed by atoms with E-state index >= 15 is 0 Å². The summed E-state index contributed by atoms with van der Waals surface area (Å²) in [5.74, 6) is 0.0275. The number of fused-ring (bicyclic) bond motifs is 1. The van der Waals surface area contributed by atoms with Crippen LogP contribution in [-0.2, 0) is 0 Å². The molecule has 0 spiro atoms.